The molecule has 0 saturated carbocycles. The van der Waals surface area contributed by atoms with Crippen LogP contribution in [0.5, 0.6) is 5.75 Å². The molecule has 1 atom stereocenters. The van der Waals surface area contributed by atoms with Crippen LogP contribution in [-0.2, 0) is 18.0 Å². The molecule has 168 valence electrons. The summed E-state index contributed by atoms with van der Waals surface area (Å²) in [6.45, 7) is 1.72. The smallest absolute Gasteiger partial charge is 0.421 e. The predicted octanol–water partition coefficient (Wildman–Crippen LogP) is 3.94. The van der Waals surface area contributed by atoms with Crippen molar-refractivity contribution >= 4 is 28.7 Å². The van der Waals surface area contributed by atoms with Crippen molar-refractivity contribution in [1.29, 1.82) is 5.41 Å². The third-order valence-corrected chi connectivity index (χ3v) is 5.16. The number of rotatable bonds is 8. The molecule has 2 aromatic carbocycles. The molecule has 1 heterocycles. The van der Waals surface area contributed by atoms with Crippen molar-refractivity contribution in [3.05, 3.63) is 71.2 Å². The van der Waals surface area contributed by atoms with Crippen LogP contribution in [0.25, 0.3) is 11.1 Å². The van der Waals surface area contributed by atoms with Crippen LogP contribution in [-0.4, -0.2) is 21.1 Å². The highest BCUT2D eigenvalue weighted by molar-refractivity contribution is 7.93. The lowest BCUT2D eigenvalue weighted by atomic mass is 9.98. The van der Waals surface area contributed by atoms with Gasteiger partial charge in [0.25, 0.3) is 0 Å². The van der Waals surface area contributed by atoms with Crippen LogP contribution < -0.4 is 20.9 Å². The minimum atomic E-state index is -3.11. The van der Waals surface area contributed by atoms with Gasteiger partial charge in [-0.1, -0.05) is 18.2 Å². The third kappa shape index (κ3) is 5.42. The highest BCUT2D eigenvalue weighted by atomic mass is 32.2. The lowest BCUT2D eigenvalue weighted by Gasteiger charge is -2.17. The summed E-state index contributed by atoms with van der Waals surface area (Å²) in [5.41, 5.74) is 14.1. The topological polar surface area (TPSA) is 133 Å². The summed E-state index contributed by atoms with van der Waals surface area (Å²) in [5, 5.41) is 7.84. The second-order valence-corrected chi connectivity index (χ2v) is 7.93. The number of nitrogens with one attached hydrogen (secondary N) is 2. The minimum Gasteiger partial charge on any atom is -0.588 e. The molecular weight excluding hydrogens is 443 g/mol. The molecule has 7 nitrogen and oxygen atoms in total. The summed E-state index contributed by atoms with van der Waals surface area (Å²) in [7, 11) is 0. The Balaban J connectivity index is 2.03. The van der Waals surface area contributed by atoms with Crippen LogP contribution in [0.15, 0.2) is 48.5 Å². The van der Waals surface area contributed by atoms with Gasteiger partial charge in [-0.15, -0.1) is 0 Å². The lowest BCUT2D eigenvalue weighted by Crippen LogP contribution is -2.21. The number of aryl methyl sites for hydroxylation is 1. The molecule has 3 rings (SSSR count). The van der Waals surface area contributed by atoms with Gasteiger partial charge >= 0.3 is 5.76 Å². The SMILES string of the molecule is Cc1cc(-c2ccc(N[S+]([O-])C(F)F)c(OCc3ccc(F)cc3)c2)c(C(=N)N)c(N)n1. The van der Waals surface area contributed by atoms with Gasteiger partial charge < -0.3 is 20.8 Å². The number of anilines is 2. The highest BCUT2D eigenvalue weighted by Gasteiger charge is 2.23. The number of hydrogen-bond donors (Lipinski definition) is 4. The molecule has 0 aliphatic carbocycles. The van der Waals surface area contributed by atoms with Crippen molar-refractivity contribution in [1.82, 2.24) is 4.98 Å². The normalized spacial score (nSPS) is 11.9. The van der Waals surface area contributed by atoms with E-state index in [2.05, 4.69) is 9.71 Å². The molecule has 11 heteroatoms. The van der Waals surface area contributed by atoms with Crippen LogP contribution in [0.1, 0.15) is 16.8 Å². The van der Waals surface area contributed by atoms with E-state index in [4.69, 9.17) is 21.6 Å². The van der Waals surface area contributed by atoms with E-state index >= 15 is 0 Å². The number of halogens is 3. The number of nitrogens with zero attached hydrogens (tertiary/aromatic N) is 1. The number of nitrogens with two attached hydrogens (primary N) is 2. The molecule has 1 unspecified atom stereocenters. The Kier molecular flexibility index (Phi) is 7.11. The van der Waals surface area contributed by atoms with Crippen LogP contribution in [0.2, 0.25) is 0 Å². The Morgan fingerprint density at radius 2 is 1.91 bits per heavy atom. The van der Waals surface area contributed by atoms with Crippen LogP contribution in [0.3, 0.4) is 0 Å². The van der Waals surface area contributed by atoms with Crippen molar-refractivity contribution in [3.8, 4) is 16.9 Å². The number of amidine groups is 1. The fourth-order valence-electron chi connectivity index (χ4n) is 3.00. The van der Waals surface area contributed by atoms with Gasteiger partial charge in [0, 0.05) is 5.69 Å². The Bertz CT molecular complexity index is 1130. The van der Waals surface area contributed by atoms with Crippen LogP contribution >= 0.6 is 0 Å². The highest BCUT2D eigenvalue weighted by Crippen LogP contribution is 2.35. The second kappa shape index (κ2) is 9.79. The summed E-state index contributed by atoms with van der Waals surface area (Å²) in [5.74, 6) is -3.62. The standard InChI is InChI=1S/C21H20F3N5O2S/c1-11-8-15(18(19(25)26)20(27)28-11)13-4-7-16(29-32(30)21(23)24)17(9-13)31-10-12-2-5-14(22)6-3-12/h2-9,21,29H,10H2,1H3,(H3,25,26)(H2,27,28). The molecular formula is C21H20F3N5O2S. The third-order valence-electron chi connectivity index (χ3n) is 4.42. The zero-order valence-electron chi connectivity index (χ0n) is 16.9. The van der Waals surface area contributed by atoms with Gasteiger partial charge in [0.2, 0.25) is 0 Å². The van der Waals surface area contributed by atoms with Crippen molar-refractivity contribution in [2.75, 3.05) is 10.5 Å². The minimum absolute atomic E-state index is 0.00317. The fraction of sp³-hybridized carbons (Fsp3) is 0.143. The van der Waals surface area contributed by atoms with Gasteiger partial charge in [0.15, 0.2) is 0 Å². The maximum Gasteiger partial charge on any atom is 0.421 e. The monoisotopic (exact) mass is 463 g/mol. The molecule has 0 saturated heterocycles. The van der Waals surface area contributed by atoms with Crippen LogP contribution in [0.4, 0.5) is 24.7 Å². The number of hydrogen-bond acceptors (Lipinski definition) is 6. The lowest BCUT2D eigenvalue weighted by molar-refractivity contribution is 0.236. The number of benzene rings is 2. The summed E-state index contributed by atoms with van der Waals surface area (Å²) < 4.78 is 58.4. The van der Waals surface area contributed by atoms with Crippen LogP contribution in [0, 0.1) is 18.2 Å². The Morgan fingerprint density at radius 1 is 1.22 bits per heavy atom. The summed E-state index contributed by atoms with van der Waals surface area (Å²) >= 11 is -2.65. The average molecular weight is 463 g/mol. The van der Waals surface area contributed by atoms with Gasteiger partial charge in [0.05, 0.1) is 5.56 Å². The van der Waals surface area contributed by atoms with E-state index in [0.29, 0.717) is 22.4 Å². The summed E-state index contributed by atoms with van der Waals surface area (Å²) in [6, 6.07) is 11.8. The van der Waals surface area contributed by atoms with Crippen molar-refractivity contribution in [3.63, 3.8) is 0 Å². The van der Waals surface area contributed by atoms with E-state index in [9.17, 15) is 17.7 Å². The quantitative estimate of drug-likeness (QED) is 0.227. The predicted molar refractivity (Wildman–Crippen MR) is 118 cm³/mol. The molecule has 0 amide bonds. The fourth-order valence-corrected chi connectivity index (χ4v) is 3.47. The first kappa shape index (κ1) is 23.2. The molecule has 0 fully saturated rings. The van der Waals surface area contributed by atoms with Gasteiger partial charge in [-0.25, -0.2) is 9.37 Å². The first-order chi connectivity index (χ1) is 15.2. The number of pyridine rings is 1. The molecule has 0 bridgehead atoms. The summed E-state index contributed by atoms with van der Waals surface area (Å²) in [6.07, 6.45) is 0. The van der Waals surface area contributed by atoms with E-state index in [1.54, 1.807) is 19.1 Å². The molecule has 32 heavy (non-hydrogen) atoms. The van der Waals surface area contributed by atoms with Crippen molar-refractivity contribution in [2.45, 2.75) is 19.3 Å². The molecule has 6 N–H and O–H groups in total. The van der Waals surface area contributed by atoms with E-state index in [-0.39, 0.29) is 35.3 Å². The Labute approximate surface area is 185 Å². The first-order valence-electron chi connectivity index (χ1n) is 9.24. The molecule has 0 radical (unpaired) electrons. The zero-order valence-corrected chi connectivity index (χ0v) is 17.7. The first-order valence-corrected chi connectivity index (χ1v) is 10.5. The number of nitrogen functional groups attached to an aromatic ring is 2. The maximum absolute atomic E-state index is 13.1. The number of ether oxygens (including phenoxy) is 1. The van der Waals surface area contributed by atoms with Gasteiger partial charge in [-0.3, -0.25) is 5.41 Å². The van der Waals surface area contributed by atoms with Crippen molar-refractivity contribution in [2.24, 2.45) is 5.73 Å². The van der Waals surface area contributed by atoms with Gasteiger partial charge in [0.1, 0.15) is 46.9 Å². The number of alkyl halides is 2. The van der Waals surface area contributed by atoms with E-state index in [0.717, 1.165) is 0 Å². The van der Waals surface area contributed by atoms with E-state index in [1.165, 1.54) is 36.4 Å². The molecule has 0 spiro atoms. The Morgan fingerprint density at radius 3 is 2.53 bits per heavy atom. The molecule has 0 aliphatic heterocycles. The number of aromatic nitrogens is 1. The van der Waals surface area contributed by atoms with Gasteiger partial charge in [-0.2, -0.15) is 13.5 Å². The Hall–Kier alpha value is -3.44. The summed E-state index contributed by atoms with van der Waals surface area (Å²) in [4.78, 5) is 4.12. The maximum atomic E-state index is 13.1. The van der Waals surface area contributed by atoms with E-state index in [1.807, 2.05) is 0 Å². The molecule has 1 aromatic heterocycles. The molecule has 3 aromatic rings. The zero-order chi connectivity index (χ0) is 23.4. The average Bonchev–Trinajstić information content (AvgIpc) is 2.73. The van der Waals surface area contributed by atoms with E-state index < -0.39 is 22.9 Å². The molecule has 0 aliphatic rings. The largest absolute Gasteiger partial charge is 0.588 e. The van der Waals surface area contributed by atoms with Gasteiger partial charge in [-0.05, 0) is 53.9 Å². The van der Waals surface area contributed by atoms with Crippen molar-refractivity contribution < 1.29 is 22.5 Å². The second-order valence-electron chi connectivity index (χ2n) is 6.77.